The minimum absolute atomic E-state index is 0.0372. The molecule has 2 aromatic rings. The van der Waals surface area contributed by atoms with Crippen molar-refractivity contribution in [3.05, 3.63) is 59.7 Å². The van der Waals surface area contributed by atoms with Gasteiger partial charge in [-0.2, -0.15) is 0 Å². The third-order valence-electron chi connectivity index (χ3n) is 4.21. The molecule has 0 fully saturated rings. The first-order chi connectivity index (χ1) is 13.0. The van der Waals surface area contributed by atoms with Gasteiger partial charge in [-0.1, -0.05) is 25.1 Å². The Labute approximate surface area is 165 Å². The largest absolute Gasteiger partial charge is 0.483 e. The van der Waals surface area contributed by atoms with E-state index in [1.54, 1.807) is 25.9 Å². The molecule has 27 heavy (non-hydrogen) atoms. The van der Waals surface area contributed by atoms with Crippen LogP contribution in [0.1, 0.15) is 35.3 Å². The molecule has 1 N–H and O–H groups in total. The first-order valence-corrected chi connectivity index (χ1v) is 10.1. The fraction of sp³-hybridized carbons (Fsp3) is 0.333. The monoisotopic (exact) mass is 386 g/mol. The second-order valence-electron chi connectivity index (χ2n) is 6.28. The second kappa shape index (κ2) is 10.0. The van der Waals surface area contributed by atoms with E-state index in [0.717, 1.165) is 10.5 Å². The maximum atomic E-state index is 12.6. The molecule has 2 amide bonds. The first kappa shape index (κ1) is 20.8. The average molecular weight is 387 g/mol. The van der Waals surface area contributed by atoms with Crippen LogP contribution in [0.3, 0.4) is 0 Å². The fourth-order valence-electron chi connectivity index (χ4n) is 2.55. The zero-order valence-corrected chi connectivity index (χ0v) is 17.0. The molecule has 0 heterocycles. The van der Waals surface area contributed by atoms with Crippen LogP contribution in [0.25, 0.3) is 0 Å². The number of carbonyl (C=O) groups excluding carboxylic acids is 2. The highest BCUT2D eigenvalue weighted by atomic mass is 32.2. The zero-order valence-electron chi connectivity index (χ0n) is 16.2. The van der Waals surface area contributed by atoms with E-state index in [1.807, 2.05) is 61.7 Å². The quantitative estimate of drug-likeness (QED) is 0.702. The van der Waals surface area contributed by atoms with Crippen molar-refractivity contribution in [3.63, 3.8) is 0 Å². The van der Waals surface area contributed by atoms with Crippen LogP contribution in [0.15, 0.2) is 53.4 Å². The van der Waals surface area contributed by atoms with Gasteiger partial charge in [-0.05, 0) is 43.0 Å². The summed E-state index contributed by atoms with van der Waals surface area (Å²) in [7, 11) is 3.38. The van der Waals surface area contributed by atoms with Crippen LogP contribution >= 0.6 is 11.8 Å². The van der Waals surface area contributed by atoms with Gasteiger partial charge in [0, 0.05) is 30.1 Å². The molecule has 1 atom stereocenters. The van der Waals surface area contributed by atoms with Crippen molar-refractivity contribution in [1.82, 2.24) is 10.2 Å². The number of likely N-dealkylation sites (N-methyl/N-ethyl adjacent to an activating group) is 1. The Morgan fingerprint density at radius 2 is 1.78 bits per heavy atom. The summed E-state index contributed by atoms with van der Waals surface area (Å²) in [6, 6.07) is 14.8. The Kier molecular flexibility index (Phi) is 7.73. The maximum Gasteiger partial charge on any atom is 0.259 e. The Hall–Kier alpha value is -2.47. The number of hydrogen-bond acceptors (Lipinski definition) is 4. The van der Waals surface area contributed by atoms with Crippen LogP contribution in [0.4, 0.5) is 0 Å². The minimum Gasteiger partial charge on any atom is -0.483 e. The predicted octanol–water partition coefficient (Wildman–Crippen LogP) is 3.76. The SMILES string of the molecule is CCC(NC(=O)c1ccc(SC)cc1)c1ccccc1OCC(=O)N(C)C. The summed E-state index contributed by atoms with van der Waals surface area (Å²) in [6.45, 7) is 1.97. The zero-order chi connectivity index (χ0) is 19.8. The molecule has 0 aliphatic heterocycles. The number of para-hydroxylation sites is 1. The molecule has 0 aliphatic carbocycles. The third kappa shape index (κ3) is 5.76. The van der Waals surface area contributed by atoms with Gasteiger partial charge in [0.25, 0.3) is 11.8 Å². The van der Waals surface area contributed by atoms with Gasteiger partial charge < -0.3 is 15.0 Å². The van der Waals surface area contributed by atoms with Gasteiger partial charge in [-0.15, -0.1) is 11.8 Å². The number of nitrogens with one attached hydrogen (secondary N) is 1. The van der Waals surface area contributed by atoms with Gasteiger partial charge in [0.2, 0.25) is 0 Å². The summed E-state index contributed by atoms with van der Waals surface area (Å²) in [5, 5.41) is 3.07. The van der Waals surface area contributed by atoms with Gasteiger partial charge in [-0.25, -0.2) is 0 Å². The summed E-state index contributed by atoms with van der Waals surface area (Å²) in [5.74, 6) is 0.363. The van der Waals surface area contributed by atoms with Gasteiger partial charge in [-0.3, -0.25) is 9.59 Å². The molecule has 6 heteroatoms. The first-order valence-electron chi connectivity index (χ1n) is 8.83. The molecule has 0 bridgehead atoms. The lowest BCUT2D eigenvalue weighted by Gasteiger charge is -2.21. The van der Waals surface area contributed by atoms with E-state index in [4.69, 9.17) is 4.74 Å². The third-order valence-corrected chi connectivity index (χ3v) is 4.95. The Morgan fingerprint density at radius 3 is 2.37 bits per heavy atom. The van der Waals surface area contributed by atoms with E-state index in [-0.39, 0.29) is 24.5 Å². The summed E-state index contributed by atoms with van der Waals surface area (Å²) >= 11 is 1.64. The molecular formula is C21H26N2O3S. The summed E-state index contributed by atoms with van der Waals surface area (Å²) in [6.07, 6.45) is 2.71. The standard InChI is InChI=1S/C21H26N2O3S/c1-5-18(22-21(25)15-10-12-16(27-4)13-11-15)17-8-6-7-9-19(17)26-14-20(24)23(2)3/h6-13,18H,5,14H2,1-4H3,(H,22,25). The molecule has 5 nitrogen and oxygen atoms in total. The van der Waals surface area contributed by atoms with E-state index >= 15 is 0 Å². The molecule has 1 unspecified atom stereocenters. The second-order valence-corrected chi connectivity index (χ2v) is 7.16. The summed E-state index contributed by atoms with van der Waals surface area (Å²) < 4.78 is 5.72. The lowest BCUT2D eigenvalue weighted by molar-refractivity contribution is -0.130. The molecule has 0 spiro atoms. The number of carbonyl (C=O) groups is 2. The van der Waals surface area contributed by atoms with Crippen molar-refractivity contribution in [1.29, 1.82) is 0 Å². The molecule has 2 aromatic carbocycles. The highest BCUT2D eigenvalue weighted by molar-refractivity contribution is 7.98. The van der Waals surface area contributed by atoms with Gasteiger partial charge in [0.1, 0.15) is 5.75 Å². The van der Waals surface area contributed by atoms with Crippen molar-refractivity contribution in [2.45, 2.75) is 24.3 Å². The van der Waals surface area contributed by atoms with Gasteiger partial charge in [0.15, 0.2) is 6.61 Å². The van der Waals surface area contributed by atoms with Crippen LogP contribution in [0.2, 0.25) is 0 Å². The minimum atomic E-state index is -0.205. The predicted molar refractivity (Wildman–Crippen MR) is 109 cm³/mol. The maximum absolute atomic E-state index is 12.6. The normalized spacial score (nSPS) is 11.6. The lowest BCUT2D eigenvalue weighted by atomic mass is 10.0. The lowest BCUT2D eigenvalue weighted by Crippen LogP contribution is -2.30. The van der Waals surface area contributed by atoms with Gasteiger partial charge in [0.05, 0.1) is 6.04 Å². The molecule has 0 saturated carbocycles. The number of amides is 2. The molecule has 2 rings (SSSR count). The van der Waals surface area contributed by atoms with Crippen molar-refractivity contribution in [2.24, 2.45) is 0 Å². The average Bonchev–Trinajstić information content (AvgIpc) is 2.70. The summed E-state index contributed by atoms with van der Waals surface area (Å²) in [4.78, 5) is 27.0. The molecule has 0 saturated heterocycles. The fourth-order valence-corrected chi connectivity index (χ4v) is 2.96. The van der Waals surface area contributed by atoms with Crippen molar-refractivity contribution in [2.75, 3.05) is 27.0 Å². The Morgan fingerprint density at radius 1 is 1.11 bits per heavy atom. The van der Waals surface area contributed by atoms with Crippen molar-refractivity contribution < 1.29 is 14.3 Å². The van der Waals surface area contributed by atoms with Crippen LogP contribution in [0, 0.1) is 0 Å². The van der Waals surface area contributed by atoms with E-state index < -0.39 is 0 Å². The number of thioether (sulfide) groups is 1. The Balaban J connectivity index is 2.14. The van der Waals surface area contributed by atoms with Crippen LogP contribution in [-0.2, 0) is 4.79 Å². The molecule has 144 valence electrons. The van der Waals surface area contributed by atoms with E-state index in [2.05, 4.69) is 5.32 Å². The summed E-state index contributed by atoms with van der Waals surface area (Å²) in [5.41, 5.74) is 1.48. The van der Waals surface area contributed by atoms with Crippen LogP contribution in [0.5, 0.6) is 5.75 Å². The van der Waals surface area contributed by atoms with Crippen molar-refractivity contribution in [3.8, 4) is 5.75 Å². The van der Waals surface area contributed by atoms with E-state index in [1.165, 1.54) is 4.90 Å². The molecule has 0 aromatic heterocycles. The number of nitrogens with zero attached hydrogens (tertiary/aromatic N) is 1. The van der Waals surface area contributed by atoms with Crippen molar-refractivity contribution >= 4 is 23.6 Å². The van der Waals surface area contributed by atoms with E-state index in [9.17, 15) is 9.59 Å². The molecule has 0 aliphatic rings. The number of hydrogen-bond donors (Lipinski definition) is 1. The molecular weight excluding hydrogens is 360 g/mol. The van der Waals surface area contributed by atoms with Crippen LogP contribution < -0.4 is 10.1 Å². The van der Waals surface area contributed by atoms with Gasteiger partial charge >= 0.3 is 0 Å². The molecule has 0 radical (unpaired) electrons. The van der Waals surface area contributed by atoms with Crippen LogP contribution in [-0.4, -0.2) is 43.7 Å². The Bertz CT molecular complexity index is 775. The number of rotatable bonds is 8. The topological polar surface area (TPSA) is 58.6 Å². The smallest absolute Gasteiger partial charge is 0.259 e. The number of benzene rings is 2. The number of ether oxygens (including phenoxy) is 1. The van der Waals surface area contributed by atoms with E-state index in [0.29, 0.717) is 17.7 Å². The highest BCUT2D eigenvalue weighted by Crippen LogP contribution is 2.27. The highest BCUT2D eigenvalue weighted by Gasteiger charge is 2.18.